The zero-order valence-corrected chi connectivity index (χ0v) is 10.2. The summed E-state index contributed by atoms with van der Waals surface area (Å²) in [5.41, 5.74) is 0. The van der Waals surface area contributed by atoms with E-state index in [1.165, 1.54) is 59.0 Å². The van der Waals surface area contributed by atoms with Gasteiger partial charge in [0.1, 0.15) is 0 Å². The molecule has 0 unspecified atom stereocenters. The Kier molecular flexibility index (Phi) is 3.97. The van der Waals surface area contributed by atoms with E-state index in [0.717, 1.165) is 0 Å². The van der Waals surface area contributed by atoms with E-state index in [-0.39, 0.29) is 0 Å². The Labute approximate surface area is 93.4 Å². The van der Waals surface area contributed by atoms with Crippen molar-refractivity contribution >= 4 is 0 Å². The number of hydrogen-bond acceptors (Lipinski definition) is 4. The van der Waals surface area contributed by atoms with Gasteiger partial charge in [0, 0.05) is 52.4 Å². The average molecular weight is 212 g/mol. The third-order valence-corrected chi connectivity index (χ3v) is 3.59. The van der Waals surface area contributed by atoms with Crippen molar-refractivity contribution in [2.75, 3.05) is 73.1 Å². The van der Waals surface area contributed by atoms with Crippen molar-refractivity contribution in [2.45, 2.75) is 0 Å². The molecule has 0 spiro atoms. The van der Waals surface area contributed by atoms with Crippen LogP contribution in [0.15, 0.2) is 0 Å². The third-order valence-electron chi connectivity index (χ3n) is 3.59. The van der Waals surface area contributed by atoms with Crippen LogP contribution in [0.5, 0.6) is 0 Å². The maximum atomic E-state index is 2.59. The predicted molar refractivity (Wildman–Crippen MR) is 63.0 cm³/mol. The Hall–Kier alpha value is -0.160. The molecule has 0 N–H and O–H groups in total. The van der Waals surface area contributed by atoms with Gasteiger partial charge in [0.2, 0.25) is 0 Å². The second kappa shape index (κ2) is 5.25. The monoisotopic (exact) mass is 212 g/mol. The van der Waals surface area contributed by atoms with Gasteiger partial charge in [-0.1, -0.05) is 0 Å². The first kappa shape index (κ1) is 11.3. The van der Waals surface area contributed by atoms with Gasteiger partial charge in [-0.15, -0.1) is 0 Å². The van der Waals surface area contributed by atoms with E-state index >= 15 is 0 Å². The largest absolute Gasteiger partial charge is 0.304 e. The molecule has 0 aromatic carbocycles. The molecule has 0 saturated carbocycles. The van der Waals surface area contributed by atoms with Gasteiger partial charge in [0.15, 0.2) is 0 Å². The van der Waals surface area contributed by atoms with Crippen molar-refractivity contribution in [1.82, 2.24) is 19.6 Å². The molecule has 2 aliphatic heterocycles. The second-order valence-electron chi connectivity index (χ2n) is 4.98. The van der Waals surface area contributed by atoms with E-state index in [1.807, 2.05) is 0 Å². The zero-order valence-electron chi connectivity index (χ0n) is 10.2. The lowest BCUT2D eigenvalue weighted by Crippen LogP contribution is -2.52. The van der Waals surface area contributed by atoms with Crippen molar-refractivity contribution in [1.29, 1.82) is 0 Å². The number of nitrogens with zero attached hydrogens (tertiary/aromatic N) is 4. The fourth-order valence-electron chi connectivity index (χ4n) is 2.26. The fraction of sp³-hybridized carbons (Fsp3) is 1.00. The first-order valence-electron chi connectivity index (χ1n) is 6.06. The van der Waals surface area contributed by atoms with E-state index < -0.39 is 0 Å². The summed E-state index contributed by atoms with van der Waals surface area (Å²) in [4.78, 5) is 10.0. The Morgan fingerprint density at radius 1 is 0.600 bits per heavy atom. The second-order valence-corrected chi connectivity index (χ2v) is 4.98. The Morgan fingerprint density at radius 3 is 1.27 bits per heavy atom. The number of rotatable bonds is 2. The molecule has 4 heteroatoms. The lowest BCUT2D eigenvalue weighted by molar-refractivity contribution is 0.0563. The Morgan fingerprint density at radius 2 is 0.933 bits per heavy atom. The molecule has 2 aliphatic rings. The summed E-state index contributed by atoms with van der Waals surface area (Å²) >= 11 is 0. The van der Waals surface area contributed by atoms with Gasteiger partial charge in [-0.3, -0.25) is 9.80 Å². The molecule has 2 rings (SSSR count). The van der Waals surface area contributed by atoms with E-state index in [4.69, 9.17) is 0 Å². The van der Waals surface area contributed by atoms with Crippen LogP contribution in [0.2, 0.25) is 0 Å². The minimum atomic E-state index is 1.18. The first-order valence-corrected chi connectivity index (χ1v) is 6.06. The summed E-state index contributed by atoms with van der Waals surface area (Å²) in [5, 5.41) is 0. The van der Waals surface area contributed by atoms with Crippen molar-refractivity contribution in [3.8, 4) is 0 Å². The fourth-order valence-corrected chi connectivity index (χ4v) is 2.26. The number of likely N-dealkylation sites (N-methyl/N-ethyl adjacent to an activating group) is 2. The van der Waals surface area contributed by atoms with Crippen molar-refractivity contribution in [3.63, 3.8) is 0 Å². The lowest BCUT2D eigenvalue weighted by atomic mass is 10.3. The van der Waals surface area contributed by atoms with Gasteiger partial charge < -0.3 is 9.80 Å². The molecule has 0 aliphatic carbocycles. The molecular formula is C11H24N4. The van der Waals surface area contributed by atoms with E-state index in [1.54, 1.807) is 0 Å². The Balaban J connectivity index is 1.68. The van der Waals surface area contributed by atoms with Crippen LogP contribution in [0.3, 0.4) is 0 Å². The molecule has 0 radical (unpaired) electrons. The van der Waals surface area contributed by atoms with Gasteiger partial charge in [-0.2, -0.15) is 0 Å². The number of piperazine rings is 2. The van der Waals surface area contributed by atoms with Crippen LogP contribution in [-0.4, -0.2) is 92.7 Å². The minimum absolute atomic E-state index is 1.18. The highest BCUT2D eigenvalue weighted by Crippen LogP contribution is 2.04. The first-order chi connectivity index (χ1) is 7.24. The quantitative estimate of drug-likeness (QED) is 0.608. The molecule has 4 nitrogen and oxygen atoms in total. The molecule has 0 amide bonds. The molecule has 0 atom stereocenters. The third kappa shape index (κ3) is 3.41. The highest BCUT2D eigenvalue weighted by atomic mass is 15.4. The standard InChI is InChI=1S/C11H24N4/c1-12-3-7-14(8-4-12)11-15-9-5-13(2)6-10-15/h3-11H2,1-2H3. The van der Waals surface area contributed by atoms with Crippen LogP contribution in [0.4, 0.5) is 0 Å². The molecule has 2 fully saturated rings. The van der Waals surface area contributed by atoms with Crippen LogP contribution in [0, 0.1) is 0 Å². The highest BCUT2D eigenvalue weighted by Gasteiger charge is 2.19. The summed E-state index contributed by atoms with van der Waals surface area (Å²) in [6, 6.07) is 0. The van der Waals surface area contributed by atoms with Gasteiger partial charge in [0.05, 0.1) is 6.67 Å². The molecule has 88 valence electrons. The van der Waals surface area contributed by atoms with Crippen LogP contribution < -0.4 is 0 Å². The highest BCUT2D eigenvalue weighted by molar-refractivity contribution is 4.73. The summed E-state index contributed by atoms with van der Waals surface area (Å²) in [5.74, 6) is 0. The maximum absolute atomic E-state index is 2.59. The summed E-state index contributed by atoms with van der Waals surface area (Å²) in [6.45, 7) is 11.1. The number of hydrogen-bond donors (Lipinski definition) is 0. The van der Waals surface area contributed by atoms with Crippen molar-refractivity contribution < 1.29 is 0 Å². The van der Waals surface area contributed by atoms with Crippen molar-refractivity contribution in [2.24, 2.45) is 0 Å². The molecule has 0 aromatic rings. The van der Waals surface area contributed by atoms with Crippen LogP contribution in [0.1, 0.15) is 0 Å². The summed E-state index contributed by atoms with van der Waals surface area (Å²) < 4.78 is 0. The topological polar surface area (TPSA) is 13.0 Å². The van der Waals surface area contributed by atoms with E-state index in [0.29, 0.717) is 0 Å². The molecule has 15 heavy (non-hydrogen) atoms. The SMILES string of the molecule is CN1CCN(CN2CCN(C)CC2)CC1. The van der Waals surface area contributed by atoms with Crippen LogP contribution in [-0.2, 0) is 0 Å². The average Bonchev–Trinajstić information content (AvgIpc) is 2.25. The summed E-state index contributed by atoms with van der Waals surface area (Å²) in [6.07, 6.45) is 0. The molecule has 2 heterocycles. The van der Waals surface area contributed by atoms with E-state index in [2.05, 4.69) is 33.7 Å². The van der Waals surface area contributed by atoms with Crippen LogP contribution >= 0.6 is 0 Å². The van der Waals surface area contributed by atoms with Crippen LogP contribution in [0.25, 0.3) is 0 Å². The summed E-state index contributed by atoms with van der Waals surface area (Å²) in [7, 11) is 4.43. The van der Waals surface area contributed by atoms with Gasteiger partial charge in [0.25, 0.3) is 0 Å². The molecule has 0 aromatic heterocycles. The molecule has 0 bridgehead atoms. The maximum Gasteiger partial charge on any atom is 0.0508 e. The Bertz CT molecular complexity index is 161. The smallest absolute Gasteiger partial charge is 0.0508 e. The predicted octanol–water partition coefficient (Wildman–Crippen LogP) is -0.561. The van der Waals surface area contributed by atoms with Gasteiger partial charge in [-0.25, -0.2) is 0 Å². The molecular weight excluding hydrogens is 188 g/mol. The van der Waals surface area contributed by atoms with Gasteiger partial charge >= 0.3 is 0 Å². The molecule has 2 saturated heterocycles. The lowest BCUT2D eigenvalue weighted by Gasteiger charge is -2.39. The van der Waals surface area contributed by atoms with E-state index in [9.17, 15) is 0 Å². The zero-order chi connectivity index (χ0) is 10.7. The minimum Gasteiger partial charge on any atom is -0.304 e. The normalized spacial score (nSPS) is 28.4. The van der Waals surface area contributed by atoms with Gasteiger partial charge in [-0.05, 0) is 14.1 Å². The van der Waals surface area contributed by atoms with Crippen molar-refractivity contribution in [3.05, 3.63) is 0 Å².